The highest BCUT2D eigenvalue weighted by atomic mass is 19.4. The lowest BCUT2D eigenvalue weighted by molar-refractivity contribution is -0.161. The van der Waals surface area contributed by atoms with Crippen molar-refractivity contribution in [2.75, 3.05) is 19.7 Å². The number of carbonyl (C=O) groups is 1. The minimum absolute atomic E-state index is 0.190. The van der Waals surface area contributed by atoms with Crippen molar-refractivity contribution in [1.29, 1.82) is 0 Å². The van der Waals surface area contributed by atoms with Gasteiger partial charge in [0.25, 0.3) is 0 Å². The molecule has 1 rings (SSSR count). The average Bonchev–Trinajstić information content (AvgIpc) is 2.26. The van der Waals surface area contributed by atoms with Gasteiger partial charge in [-0.2, -0.15) is 13.2 Å². The average molecular weight is 225 g/mol. The molecular formula is C9H14F3NO2. The Kier molecular flexibility index (Phi) is 3.96. The first kappa shape index (κ1) is 12.3. The second-order valence-electron chi connectivity index (χ2n) is 3.67. The largest absolute Gasteiger partial charge is 0.397 e. The van der Waals surface area contributed by atoms with Crippen molar-refractivity contribution in [2.45, 2.75) is 32.0 Å². The number of alkyl halides is 3. The van der Waals surface area contributed by atoms with Crippen molar-refractivity contribution in [3.8, 4) is 0 Å². The molecular weight excluding hydrogens is 211 g/mol. The third-order valence-corrected chi connectivity index (χ3v) is 2.16. The van der Waals surface area contributed by atoms with Crippen LogP contribution in [0.3, 0.4) is 0 Å². The summed E-state index contributed by atoms with van der Waals surface area (Å²) in [6.45, 7) is 2.84. The molecule has 0 aromatic heterocycles. The molecule has 0 saturated carbocycles. The van der Waals surface area contributed by atoms with E-state index in [0.29, 0.717) is 19.6 Å². The van der Waals surface area contributed by atoms with Gasteiger partial charge in [0, 0.05) is 19.7 Å². The number of ether oxygens (including phenoxy) is 1. The summed E-state index contributed by atoms with van der Waals surface area (Å²) in [6.07, 6.45) is -5.40. The maximum atomic E-state index is 12.0. The first-order valence-corrected chi connectivity index (χ1v) is 4.84. The minimum Gasteiger partial charge on any atom is -0.377 e. The first-order chi connectivity index (χ1) is 6.88. The standard InChI is InChI=1S/C9H14F3NO2/c1-7-6-13(3-2-4-15-7)8(14)5-9(10,11)12/h7H,2-6H2,1H3/t7-/m0/s1. The Balaban J connectivity index is 2.50. The Hall–Kier alpha value is -0.780. The van der Waals surface area contributed by atoms with Gasteiger partial charge in [0.05, 0.1) is 6.10 Å². The van der Waals surface area contributed by atoms with Crippen LogP contribution in [0.1, 0.15) is 19.8 Å². The molecule has 1 fully saturated rings. The molecule has 0 N–H and O–H groups in total. The number of halogens is 3. The molecule has 0 aromatic rings. The summed E-state index contributed by atoms with van der Waals surface area (Å²) in [4.78, 5) is 12.5. The van der Waals surface area contributed by atoms with E-state index in [2.05, 4.69) is 0 Å². The highest BCUT2D eigenvalue weighted by Gasteiger charge is 2.34. The summed E-state index contributed by atoms with van der Waals surface area (Å²) in [5, 5.41) is 0. The molecule has 88 valence electrons. The number of nitrogens with zero attached hydrogens (tertiary/aromatic N) is 1. The number of rotatable bonds is 1. The van der Waals surface area contributed by atoms with Crippen molar-refractivity contribution >= 4 is 5.91 Å². The van der Waals surface area contributed by atoms with E-state index in [0.717, 1.165) is 0 Å². The molecule has 1 heterocycles. The fourth-order valence-electron chi connectivity index (χ4n) is 1.50. The predicted octanol–water partition coefficient (Wildman–Crippen LogP) is 1.58. The van der Waals surface area contributed by atoms with Crippen LogP contribution in [-0.4, -0.2) is 42.8 Å². The first-order valence-electron chi connectivity index (χ1n) is 4.84. The lowest BCUT2D eigenvalue weighted by Gasteiger charge is -2.22. The van der Waals surface area contributed by atoms with Crippen LogP contribution >= 0.6 is 0 Å². The second-order valence-corrected chi connectivity index (χ2v) is 3.67. The smallest absolute Gasteiger partial charge is 0.377 e. The van der Waals surface area contributed by atoms with Crippen LogP contribution in [0.2, 0.25) is 0 Å². The van der Waals surface area contributed by atoms with Gasteiger partial charge >= 0.3 is 6.18 Å². The van der Waals surface area contributed by atoms with E-state index in [4.69, 9.17) is 4.74 Å². The molecule has 0 unspecified atom stereocenters. The lowest BCUT2D eigenvalue weighted by Crippen LogP contribution is -2.38. The van der Waals surface area contributed by atoms with Crippen LogP contribution in [0, 0.1) is 0 Å². The monoisotopic (exact) mass is 225 g/mol. The van der Waals surface area contributed by atoms with Crippen molar-refractivity contribution in [3.63, 3.8) is 0 Å². The topological polar surface area (TPSA) is 29.5 Å². The number of hydrogen-bond acceptors (Lipinski definition) is 2. The summed E-state index contributed by atoms with van der Waals surface area (Å²) >= 11 is 0. The molecule has 1 atom stereocenters. The zero-order valence-electron chi connectivity index (χ0n) is 8.51. The number of hydrogen-bond donors (Lipinski definition) is 0. The zero-order valence-corrected chi connectivity index (χ0v) is 8.51. The van der Waals surface area contributed by atoms with E-state index < -0.39 is 18.5 Å². The molecule has 0 aliphatic carbocycles. The zero-order chi connectivity index (χ0) is 11.5. The fraction of sp³-hybridized carbons (Fsp3) is 0.889. The van der Waals surface area contributed by atoms with Crippen molar-refractivity contribution < 1.29 is 22.7 Å². The van der Waals surface area contributed by atoms with Crippen LogP contribution in [-0.2, 0) is 9.53 Å². The third kappa shape index (κ3) is 4.51. The Morgan fingerprint density at radius 2 is 2.20 bits per heavy atom. The van der Waals surface area contributed by atoms with Crippen LogP contribution in [0.25, 0.3) is 0 Å². The molecule has 1 amide bonds. The molecule has 0 spiro atoms. The van der Waals surface area contributed by atoms with E-state index in [1.807, 2.05) is 0 Å². The summed E-state index contributed by atoms with van der Waals surface area (Å²) in [5.74, 6) is -0.861. The van der Waals surface area contributed by atoms with Crippen LogP contribution in [0.15, 0.2) is 0 Å². The molecule has 0 aromatic carbocycles. The SMILES string of the molecule is C[C@H]1CN(C(=O)CC(F)(F)F)CCCO1. The maximum absolute atomic E-state index is 12.0. The Morgan fingerprint density at radius 3 is 2.80 bits per heavy atom. The molecule has 1 aliphatic rings. The Labute approximate surface area is 86.2 Å². The summed E-state index contributed by atoms with van der Waals surface area (Å²) in [6, 6.07) is 0. The van der Waals surface area contributed by atoms with Gasteiger partial charge in [-0.1, -0.05) is 0 Å². The molecule has 3 nitrogen and oxygen atoms in total. The van der Waals surface area contributed by atoms with E-state index in [9.17, 15) is 18.0 Å². The molecule has 0 radical (unpaired) electrons. The summed E-state index contributed by atoms with van der Waals surface area (Å²) in [5.41, 5.74) is 0. The van der Waals surface area contributed by atoms with E-state index >= 15 is 0 Å². The van der Waals surface area contributed by atoms with Crippen LogP contribution < -0.4 is 0 Å². The molecule has 1 saturated heterocycles. The van der Waals surface area contributed by atoms with Crippen molar-refractivity contribution in [1.82, 2.24) is 4.90 Å². The van der Waals surface area contributed by atoms with Gasteiger partial charge in [-0.05, 0) is 13.3 Å². The normalized spacial score (nSPS) is 23.7. The predicted molar refractivity (Wildman–Crippen MR) is 47.3 cm³/mol. The highest BCUT2D eigenvalue weighted by molar-refractivity contribution is 5.76. The van der Waals surface area contributed by atoms with Gasteiger partial charge in [-0.25, -0.2) is 0 Å². The molecule has 6 heteroatoms. The third-order valence-electron chi connectivity index (χ3n) is 2.16. The Morgan fingerprint density at radius 1 is 1.53 bits per heavy atom. The molecule has 0 bridgehead atoms. The van der Waals surface area contributed by atoms with Gasteiger partial charge in [0.2, 0.25) is 5.91 Å². The van der Waals surface area contributed by atoms with Crippen molar-refractivity contribution in [2.24, 2.45) is 0 Å². The van der Waals surface area contributed by atoms with E-state index in [1.54, 1.807) is 6.92 Å². The van der Waals surface area contributed by atoms with Crippen molar-refractivity contribution in [3.05, 3.63) is 0 Å². The van der Waals surface area contributed by atoms with Gasteiger partial charge in [-0.3, -0.25) is 4.79 Å². The van der Waals surface area contributed by atoms with Gasteiger partial charge < -0.3 is 9.64 Å². The van der Waals surface area contributed by atoms with Crippen LogP contribution in [0.4, 0.5) is 13.2 Å². The quantitative estimate of drug-likeness (QED) is 0.678. The van der Waals surface area contributed by atoms with Gasteiger partial charge in [0.1, 0.15) is 6.42 Å². The number of carbonyl (C=O) groups excluding carboxylic acids is 1. The lowest BCUT2D eigenvalue weighted by atomic mass is 10.3. The number of amides is 1. The van der Waals surface area contributed by atoms with Gasteiger partial charge in [-0.15, -0.1) is 0 Å². The second kappa shape index (κ2) is 4.83. The molecule has 15 heavy (non-hydrogen) atoms. The minimum atomic E-state index is -4.42. The Bertz CT molecular complexity index is 230. The van der Waals surface area contributed by atoms with Gasteiger partial charge in [0.15, 0.2) is 0 Å². The van der Waals surface area contributed by atoms with Crippen LogP contribution in [0.5, 0.6) is 0 Å². The highest BCUT2D eigenvalue weighted by Crippen LogP contribution is 2.21. The summed E-state index contributed by atoms with van der Waals surface area (Å²) in [7, 11) is 0. The van der Waals surface area contributed by atoms with E-state index in [-0.39, 0.29) is 12.6 Å². The van der Waals surface area contributed by atoms with E-state index in [1.165, 1.54) is 4.90 Å². The maximum Gasteiger partial charge on any atom is 0.397 e. The molecule has 1 aliphatic heterocycles. The fourth-order valence-corrected chi connectivity index (χ4v) is 1.50. The summed E-state index contributed by atoms with van der Waals surface area (Å²) < 4.78 is 41.2.